The summed E-state index contributed by atoms with van der Waals surface area (Å²) in [7, 11) is 0. The van der Waals surface area contributed by atoms with E-state index >= 15 is 0 Å². The minimum Gasteiger partial charge on any atom is -0.356 e. The first-order valence-electron chi connectivity index (χ1n) is 8.91. The van der Waals surface area contributed by atoms with E-state index in [0.29, 0.717) is 29.8 Å². The molecule has 5 nitrogen and oxygen atoms in total. The Morgan fingerprint density at radius 3 is 2.92 bits per heavy atom. The van der Waals surface area contributed by atoms with E-state index in [9.17, 15) is 9.59 Å². The number of carbonyl (C=O) groups is 1. The number of nitrogens with one attached hydrogen (secondary N) is 1. The fourth-order valence-corrected chi connectivity index (χ4v) is 4.45. The lowest BCUT2D eigenvalue weighted by Gasteiger charge is -2.21. The largest absolute Gasteiger partial charge is 0.356 e. The second-order valence-corrected chi connectivity index (χ2v) is 7.25. The summed E-state index contributed by atoms with van der Waals surface area (Å²) in [5.41, 5.74) is 0.612. The quantitative estimate of drug-likeness (QED) is 0.918. The van der Waals surface area contributed by atoms with Crippen molar-refractivity contribution in [1.29, 1.82) is 0 Å². The highest BCUT2D eigenvalue weighted by Crippen LogP contribution is 2.47. The van der Waals surface area contributed by atoms with Gasteiger partial charge in [0.2, 0.25) is 5.91 Å². The van der Waals surface area contributed by atoms with Crippen LogP contribution in [0.2, 0.25) is 0 Å². The number of fused-ring (bicyclic) bond motifs is 3. The highest BCUT2D eigenvalue weighted by atomic mass is 16.1. The third-order valence-electron chi connectivity index (χ3n) is 5.76. The predicted octanol–water partition coefficient (Wildman–Crippen LogP) is 2.34. The number of para-hydroxylation sites is 1. The molecule has 3 atom stereocenters. The fourth-order valence-electron chi connectivity index (χ4n) is 4.45. The van der Waals surface area contributed by atoms with E-state index in [1.165, 1.54) is 36.6 Å². The lowest BCUT2D eigenvalue weighted by Crippen LogP contribution is -2.33. The maximum Gasteiger partial charge on any atom is 0.261 e. The van der Waals surface area contributed by atoms with E-state index in [1.54, 1.807) is 6.07 Å². The number of amides is 1. The Hall–Kier alpha value is -2.17. The van der Waals surface area contributed by atoms with Gasteiger partial charge in [0, 0.05) is 19.5 Å². The summed E-state index contributed by atoms with van der Waals surface area (Å²) in [6.07, 6.45) is 7.21. The Balaban J connectivity index is 1.32. The molecule has 0 spiro atoms. The molecule has 1 aromatic carbocycles. The van der Waals surface area contributed by atoms with Gasteiger partial charge >= 0.3 is 0 Å². The molecular weight excluding hydrogens is 302 g/mol. The minimum atomic E-state index is -0.0819. The van der Waals surface area contributed by atoms with Gasteiger partial charge in [-0.15, -0.1) is 0 Å². The van der Waals surface area contributed by atoms with E-state index < -0.39 is 0 Å². The van der Waals surface area contributed by atoms with Crippen LogP contribution in [-0.4, -0.2) is 22.0 Å². The Morgan fingerprint density at radius 1 is 1.25 bits per heavy atom. The summed E-state index contributed by atoms with van der Waals surface area (Å²) in [6.45, 7) is 1.17. The lowest BCUT2D eigenvalue weighted by atomic mass is 9.89. The van der Waals surface area contributed by atoms with Gasteiger partial charge in [-0.2, -0.15) is 0 Å². The zero-order valence-electron chi connectivity index (χ0n) is 13.8. The Kier molecular flexibility index (Phi) is 4.08. The highest BCUT2D eigenvalue weighted by Gasteiger charge is 2.39. The first-order chi connectivity index (χ1) is 11.7. The SMILES string of the molecule is O=C(CCn1cnc2ccccc2c1=O)NCC1CC2CCC1C2. The molecule has 4 rings (SSSR count). The Labute approximate surface area is 141 Å². The smallest absolute Gasteiger partial charge is 0.261 e. The van der Waals surface area contributed by atoms with Gasteiger partial charge in [0.1, 0.15) is 0 Å². The van der Waals surface area contributed by atoms with Gasteiger partial charge in [-0.3, -0.25) is 14.2 Å². The zero-order valence-corrected chi connectivity index (χ0v) is 13.8. The van der Waals surface area contributed by atoms with Crippen LogP contribution in [0.25, 0.3) is 10.9 Å². The maximum absolute atomic E-state index is 12.4. The summed E-state index contributed by atoms with van der Waals surface area (Å²) >= 11 is 0. The number of rotatable bonds is 5. The maximum atomic E-state index is 12.4. The lowest BCUT2D eigenvalue weighted by molar-refractivity contribution is -0.121. The summed E-state index contributed by atoms with van der Waals surface area (Å²) < 4.78 is 1.53. The number of aryl methyl sites for hydroxylation is 1. The summed E-state index contributed by atoms with van der Waals surface area (Å²) in [4.78, 5) is 28.8. The third kappa shape index (κ3) is 2.95. The van der Waals surface area contributed by atoms with Crippen LogP contribution in [0, 0.1) is 17.8 Å². The molecule has 1 N–H and O–H groups in total. The van der Waals surface area contributed by atoms with Crippen molar-refractivity contribution in [3.8, 4) is 0 Å². The molecule has 1 aromatic heterocycles. The molecule has 2 aliphatic carbocycles. The molecule has 0 aliphatic heterocycles. The molecule has 2 saturated carbocycles. The average Bonchev–Trinajstić information content (AvgIpc) is 3.22. The monoisotopic (exact) mass is 325 g/mol. The third-order valence-corrected chi connectivity index (χ3v) is 5.76. The topological polar surface area (TPSA) is 64.0 Å². The molecule has 2 bridgehead atoms. The van der Waals surface area contributed by atoms with E-state index in [4.69, 9.17) is 0 Å². The Morgan fingerprint density at radius 2 is 2.12 bits per heavy atom. The van der Waals surface area contributed by atoms with Crippen molar-refractivity contribution in [3.05, 3.63) is 40.9 Å². The molecular formula is C19H23N3O2. The number of hydrogen-bond acceptors (Lipinski definition) is 3. The van der Waals surface area contributed by atoms with Crippen LogP contribution >= 0.6 is 0 Å². The number of nitrogens with zero attached hydrogens (tertiary/aromatic N) is 2. The van der Waals surface area contributed by atoms with Crippen LogP contribution in [0.5, 0.6) is 0 Å². The van der Waals surface area contributed by atoms with Gasteiger partial charge in [-0.05, 0) is 49.1 Å². The van der Waals surface area contributed by atoms with Gasteiger partial charge in [-0.1, -0.05) is 18.6 Å². The molecule has 0 radical (unpaired) electrons. The second-order valence-electron chi connectivity index (χ2n) is 7.25. The molecule has 24 heavy (non-hydrogen) atoms. The molecule has 2 aliphatic rings. The number of carbonyl (C=O) groups excluding carboxylic acids is 1. The van der Waals surface area contributed by atoms with E-state index in [0.717, 1.165) is 18.4 Å². The van der Waals surface area contributed by atoms with Crippen LogP contribution in [0.3, 0.4) is 0 Å². The number of benzene rings is 1. The predicted molar refractivity (Wildman–Crippen MR) is 92.6 cm³/mol. The summed E-state index contributed by atoms with van der Waals surface area (Å²) in [5.74, 6) is 2.41. The van der Waals surface area contributed by atoms with Gasteiger partial charge in [0.05, 0.1) is 17.2 Å². The molecule has 0 saturated heterocycles. The van der Waals surface area contributed by atoms with Gasteiger partial charge < -0.3 is 5.32 Å². The Bertz CT molecular complexity index is 814. The standard InChI is InChI=1S/C19H23N3O2/c23-18(20-11-15-10-13-5-6-14(15)9-13)7-8-22-12-21-17-4-2-1-3-16(17)19(22)24/h1-4,12-15H,5-11H2,(H,20,23). The van der Waals surface area contributed by atoms with Crippen LogP contribution in [0.4, 0.5) is 0 Å². The van der Waals surface area contributed by atoms with Crippen LogP contribution in [-0.2, 0) is 11.3 Å². The van der Waals surface area contributed by atoms with Crippen LogP contribution in [0.15, 0.2) is 35.4 Å². The first kappa shape index (κ1) is 15.4. The highest BCUT2D eigenvalue weighted by molar-refractivity contribution is 5.77. The first-order valence-corrected chi connectivity index (χ1v) is 8.91. The van der Waals surface area contributed by atoms with Crippen molar-refractivity contribution in [2.45, 2.75) is 38.6 Å². The minimum absolute atomic E-state index is 0.0258. The van der Waals surface area contributed by atoms with Crippen molar-refractivity contribution in [3.63, 3.8) is 0 Å². The van der Waals surface area contributed by atoms with Gasteiger partial charge in [-0.25, -0.2) is 4.98 Å². The van der Waals surface area contributed by atoms with Crippen molar-refractivity contribution >= 4 is 16.8 Å². The van der Waals surface area contributed by atoms with Crippen molar-refractivity contribution in [2.24, 2.45) is 17.8 Å². The molecule has 126 valence electrons. The van der Waals surface area contributed by atoms with Gasteiger partial charge in [0.25, 0.3) is 5.56 Å². The summed E-state index contributed by atoms with van der Waals surface area (Å²) in [6, 6.07) is 7.29. The van der Waals surface area contributed by atoms with Crippen LogP contribution in [0.1, 0.15) is 32.1 Å². The molecule has 2 fully saturated rings. The fraction of sp³-hybridized carbons (Fsp3) is 0.526. The van der Waals surface area contributed by atoms with E-state index in [1.807, 2.05) is 18.2 Å². The average molecular weight is 325 g/mol. The molecule has 1 amide bonds. The van der Waals surface area contributed by atoms with Crippen molar-refractivity contribution in [2.75, 3.05) is 6.54 Å². The zero-order chi connectivity index (χ0) is 16.5. The van der Waals surface area contributed by atoms with Crippen molar-refractivity contribution < 1.29 is 4.79 Å². The second kappa shape index (κ2) is 6.38. The van der Waals surface area contributed by atoms with Crippen LogP contribution < -0.4 is 10.9 Å². The van der Waals surface area contributed by atoms with E-state index in [-0.39, 0.29) is 11.5 Å². The number of hydrogen-bond donors (Lipinski definition) is 1. The summed E-state index contributed by atoms with van der Waals surface area (Å²) in [5, 5.41) is 3.66. The molecule has 1 heterocycles. The molecule has 5 heteroatoms. The molecule has 3 unspecified atom stereocenters. The van der Waals surface area contributed by atoms with E-state index in [2.05, 4.69) is 10.3 Å². The van der Waals surface area contributed by atoms with Gasteiger partial charge in [0.15, 0.2) is 0 Å². The molecule has 2 aromatic rings. The number of aromatic nitrogens is 2. The van der Waals surface area contributed by atoms with Crippen molar-refractivity contribution in [1.82, 2.24) is 14.9 Å². The normalized spacial score (nSPS) is 25.2.